The smallest absolute Gasteiger partial charge is 0.328 e. The van der Waals surface area contributed by atoms with Gasteiger partial charge in [-0.05, 0) is 20.3 Å². The van der Waals surface area contributed by atoms with Crippen molar-refractivity contribution in [1.29, 1.82) is 0 Å². The number of carbonyl (C=O) groups excluding carboxylic acids is 1. The number of hydrogen-bond donors (Lipinski definition) is 2. The molecule has 0 aliphatic heterocycles. The Morgan fingerprint density at radius 3 is 2.38 bits per heavy atom. The van der Waals surface area contributed by atoms with Crippen LogP contribution in [-0.4, -0.2) is 28.6 Å². The number of benzene rings is 1. The molecule has 8 heteroatoms. The van der Waals surface area contributed by atoms with Crippen LogP contribution in [0.5, 0.6) is 5.75 Å². The minimum Gasteiger partial charge on any atom is -0.480 e. The van der Waals surface area contributed by atoms with Crippen LogP contribution >= 0.6 is 11.6 Å². The first-order valence-corrected chi connectivity index (χ1v) is 7.49. The molecule has 5 nitrogen and oxygen atoms in total. The third-order valence-electron chi connectivity index (χ3n) is 2.99. The second-order valence-corrected chi connectivity index (χ2v) is 5.98. The largest absolute Gasteiger partial charge is 0.480 e. The molecule has 0 bridgehead atoms. The van der Waals surface area contributed by atoms with Gasteiger partial charge in [-0.1, -0.05) is 24.6 Å². The molecule has 2 N–H and O–H groups in total. The second-order valence-electron chi connectivity index (χ2n) is 5.60. The Morgan fingerprint density at radius 1 is 1.38 bits per heavy atom. The van der Waals surface area contributed by atoms with Gasteiger partial charge in [0, 0.05) is 18.2 Å². The molecule has 0 aromatic heterocycles. The summed E-state index contributed by atoms with van der Waals surface area (Å²) in [5.74, 6) is -3.85. The van der Waals surface area contributed by atoms with Crippen LogP contribution in [0.15, 0.2) is 24.3 Å². The van der Waals surface area contributed by atoms with Crippen molar-refractivity contribution in [2.24, 2.45) is 0 Å². The number of nitrogens with one attached hydrogen (secondary N) is 1. The molecular weight excluding hydrogens is 344 g/mol. The molecule has 1 amide bonds. The highest BCUT2D eigenvalue weighted by molar-refractivity contribution is 6.30. The number of carboxylic acids is 1. The van der Waals surface area contributed by atoms with Crippen LogP contribution in [0.4, 0.5) is 8.78 Å². The van der Waals surface area contributed by atoms with Gasteiger partial charge in [-0.15, -0.1) is 0 Å². The van der Waals surface area contributed by atoms with E-state index < -0.39 is 40.2 Å². The van der Waals surface area contributed by atoms with Crippen LogP contribution in [0.3, 0.4) is 0 Å². The molecule has 1 aromatic carbocycles. The number of ether oxygens (including phenoxy) is 1. The lowest BCUT2D eigenvalue weighted by molar-refractivity contribution is -0.132. The summed E-state index contributed by atoms with van der Waals surface area (Å²) in [6, 6.07) is 1.77. The average Bonchev–Trinajstić information content (AvgIpc) is 2.47. The van der Waals surface area contributed by atoms with Crippen molar-refractivity contribution in [2.45, 2.75) is 38.8 Å². The first kappa shape index (κ1) is 19.9. The lowest BCUT2D eigenvalue weighted by atomic mass is 10.0. The monoisotopic (exact) mass is 361 g/mol. The number of carboxylic acid groups (broad SMARTS) is 1. The minimum atomic E-state index is -1.15. The maximum absolute atomic E-state index is 13.4. The molecule has 0 heterocycles. The molecular formula is C16H18ClF2NO4. The van der Waals surface area contributed by atoms with E-state index in [1.54, 1.807) is 20.8 Å². The molecule has 132 valence electrons. The van der Waals surface area contributed by atoms with Gasteiger partial charge in [-0.2, -0.15) is 0 Å². The third-order valence-corrected chi connectivity index (χ3v) is 3.35. The molecule has 1 aromatic rings. The highest BCUT2D eigenvalue weighted by Crippen LogP contribution is 2.25. The molecule has 0 saturated heterocycles. The van der Waals surface area contributed by atoms with Crippen LogP contribution in [0.1, 0.15) is 27.2 Å². The first-order valence-electron chi connectivity index (χ1n) is 7.11. The fraction of sp³-hybridized carbons (Fsp3) is 0.375. The predicted octanol–water partition coefficient (Wildman–Crippen LogP) is 3.31. The molecule has 0 aliphatic carbocycles. The Hall–Kier alpha value is -2.15. The van der Waals surface area contributed by atoms with E-state index in [-0.39, 0.29) is 12.2 Å². The van der Waals surface area contributed by atoms with Crippen molar-refractivity contribution >= 4 is 23.5 Å². The van der Waals surface area contributed by atoms with Gasteiger partial charge in [-0.3, -0.25) is 4.79 Å². The van der Waals surface area contributed by atoms with Crippen LogP contribution in [0.2, 0.25) is 5.02 Å². The molecule has 0 fully saturated rings. The van der Waals surface area contributed by atoms with Crippen molar-refractivity contribution in [3.63, 3.8) is 0 Å². The number of rotatable bonds is 7. The van der Waals surface area contributed by atoms with Gasteiger partial charge in [0.1, 0.15) is 22.4 Å². The fourth-order valence-corrected chi connectivity index (χ4v) is 1.92. The number of carbonyl (C=O) groups is 2. The van der Waals surface area contributed by atoms with E-state index in [9.17, 15) is 18.4 Å². The van der Waals surface area contributed by atoms with Gasteiger partial charge < -0.3 is 15.2 Å². The van der Waals surface area contributed by atoms with Gasteiger partial charge >= 0.3 is 5.97 Å². The van der Waals surface area contributed by atoms with E-state index in [0.29, 0.717) is 0 Å². The van der Waals surface area contributed by atoms with E-state index in [1.807, 2.05) is 0 Å². The Morgan fingerprint density at radius 2 is 1.92 bits per heavy atom. The fourth-order valence-electron chi connectivity index (χ4n) is 1.81. The van der Waals surface area contributed by atoms with E-state index in [1.165, 1.54) is 6.08 Å². The Kier molecular flexibility index (Phi) is 6.71. The molecule has 0 aliphatic rings. The summed E-state index contributed by atoms with van der Waals surface area (Å²) in [4.78, 5) is 22.8. The lowest BCUT2D eigenvalue weighted by Gasteiger charge is -2.26. The van der Waals surface area contributed by atoms with Crippen LogP contribution in [-0.2, 0) is 9.59 Å². The number of amides is 1. The van der Waals surface area contributed by atoms with Crippen molar-refractivity contribution in [3.8, 4) is 5.75 Å². The zero-order chi connectivity index (χ0) is 18.5. The molecule has 0 radical (unpaired) electrons. The van der Waals surface area contributed by atoms with Crippen molar-refractivity contribution in [1.82, 2.24) is 5.32 Å². The van der Waals surface area contributed by atoms with Crippen LogP contribution < -0.4 is 10.1 Å². The zero-order valence-corrected chi connectivity index (χ0v) is 14.2. The summed E-state index contributed by atoms with van der Waals surface area (Å²) in [5, 5.41) is 10.6. The second kappa shape index (κ2) is 8.10. The highest BCUT2D eigenvalue weighted by Gasteiger charge is 2.25. The zero-order valence-electron chi connectivity index (χ0n) is 13.4. The third kappa shape index (κ3) is 5.81. The Balaban J connectivity index is 2.86. The molecule has 0 spiro atoms. The van der Waals surface area contributed by atoms with E-state index in [4.69, 9.17) is 21.4 Å². The summed E-state index contributed by atoms with van der Waals surface area (Å²) >= 11 is 5.39. The molecule has 24 heavy (non-hydrogen) atoms. The van der Waals surface area contributed by atoms with Gasteiger partial charge in [0.05, 0.1) is 5.54 Å². The Labute approximate surface area is 143 Å². The minimum absolute atomic E-state index is 0.171. The topological polar surface area (TPSA) is 75.6 Å². The van der Waals surface area contributed by atoms with E-state index in [0.717, 1.165) is 18.2 Å². The molecule has 1 unspecified atom stereocenters. The van der Waals surface area contributed by atoms with Crippen molar-refractivity contribution in [2.75, 3.05) is 0 Å². The molecule has 1 rings (SSSR count). The SMILES string of the molecule is CCC(Oc1cc(F)c(Cl)c(F)c1)C(=O)NC(C)(C)/C=C/C(=O)O. The Bertz CT molecular complexity index is 638. The summed E-state index contributed by atoms with van der Waals surface area (Å²) in [5.41, 5.74) is -0.942. The molecule has 1 atom stereocenters. The summed E-state index contributed by atoms with van der Waals surface area (Å²) in [6.07, 6.45) is 1.44. The lowest BCUT2D eigenvalue weighted by Crippen LogP contribution is -2.48. The van der Waals surface area contributed by atoms with Crippen molar-refractivity contribution < 1.29 is 28.2 Å². The van der Waals surface area contributed by atoms with Gasteiger partial charge in [0.2, 0.25) is 0 Å². The predicted molar refractivity (Wildman–Crippen MR) is 85.1 cm³/mol. The first-order chi connectivity index (χ1) is 11.1. The number of aliphatic carboxylic acids is 1. The maximum Gasteiger partial charge on any atom is 0.328 e. The van der Waals surface area contributed by atoms with Gasteiger partial charge in [0.25, 0.3) is 5.91 Å². The summed E-state index contributed by atoms with van der Waals surface area (Å²) in [6.45, 7) is 4.85. The quantitative estimate of drug-likeness (QED) is 0.577. The number of halogens is 3. The normalized spacial score (nSPS) is 12.9. The highest BCUT2D eigenvalue weighted by atomic mass is 35.5. The van der Waals surface area contributed by atoms with E-state index >= 15 is 0 Å². The summed E-state index contributed by atoms with van der Waals surface area (Å²) in [7, 11) is 0. The van der Waals surface area contributed by atoms with Gasteiger partial charge in [-0.25, -0.2) is 13.6 Å². The average molecular weight is 362 g/mol. The summed E-state index contributed by atoms with van der Waals surface area (Å²) < 4.78 is 32.2. The standard InChI is InChI=1S/C16H18ClF2NO4/c1-4-12(15(23)20-16(2,3)6-5-13(21)22)24-9-7-10(18)14(17)11(19)8-9/h5-8,12H,4H2,1-3H3,(H,20,23)(H,21,22)/b6-5+. The van der Waals surface area contributed by atoms with E-state index in [2.05, 4.69) is 5.32 Å². The van der Waals surface area contributed by atoms with Crippen LogP contribution in [0, 0.1) is 11.6 Å². The van der Waals surface area contributed by atoms with Crippen LogP contribution in [0.25, 0.3) is 0 Å². The van der Waals surface area contributed by atoms with Crippen molar-refractivity contribution in [3.05, 3.63) is 40.9 Å². The molecule has 0 saturated carbocycles. The maximum atomic E-state index is 13.4. The van der Waals surface area contributed by atoms with Gasteiger partial charge in [0.15, 0.2) is 6.10 Å². The number of hydrogen-bond acceptors (Lipinski definition) is 3.